The van der Waals surface area contributed by atoms with Gasteiger partial charge in [0, 0.05) is 11.8 Å². The third kappa shape index (κ3) is 6.22. The van der Waals surface area contributed by atoms with Crippen molar-refractivity contribution in [2.24, 2.45) is 0 Å². The van der Waals surface area contributed by atoms with E-state index in [2.05, 4.69) is 45.7 Å². The van der Waals surface area contributed by atoms with Gasteiger partial charge in [-0.3, -0.25) is 0 Å². The van der Waals surface area contributed by atoms with Crippen molar-refractivity contribution in [3.8, 4) is 5.75 Å². The van der Waals surface area contributed by atoms with Crippen molar-refractivity contribution in [1.29, 1.82) is 0 Å². The third-order valence-corrected chi connectivity index (χ3v) is 6.67. The van der Waals surface area contributed by atoms with Gasteiger partial charge in [-0.15, -0.1) is 0 Å². The first-order valence-corrected chi connectivity index (χ1v) is 13.2. The topological polar surface area (TPSA) is 79.4 Å². The van der Waals surface area contributed by atoms with Crippen molar-refractivity contribution in [2.45, 2.75) is 6.42 Å². The van der Waals surface area contributed by atoms with Gasteiger partial charge in [0.15, 0.2) is 5.82 Å². The Morgan fingerprint density at radius 1 is 1.09 bits per heavy atom. The zero-order valence-electron chi connectivity index (χ0n) is 19.0. The zero-order chi connectivity index (χ0) is 23.3. The molecule has 9 heteroatoms. The van der Waals surface area contributed by atoms with E-state index in [1.165, 1.54) is 11.8 Å². The molecule has 0 unspecified atom stereocenters. The molecule has 3 aromatic rings. The summed E-state index contributed by atoms with van der Waals surface area (Å²) in [5.74, 6) is 1.49. The Bertz CT molecular complexity index is 1130. The number of para-hydroxylation sites is 1. The van der Waals surface area contributed by atoms with Crippen LogP contribution in [0.15, 0.2) is 48.7 Å². The van der Waals surface area contributed by atoms with Crippen LogP contribution in [0.4, 0.5) is 23.1 Å². The molecular formula is C23H29ClN5O2P. The summed E-state index contributed by atoms with van der Waals surface area (Å²) in [5.41, 5.74) is 2.64. The van der Waals surface area contributed by atoms with E-state index in [0.717, 1.165) is 24.0 Å². The van der Waals surface area contributed by atoms with Crippen LogP contribution in [0.2, 0.25) is 5.02 Å². The summed E-state index contributed by atoms with van der Waals surface area (Å²) in [7, 11) is 3.25. The minimum atomic E-state index is -2.49. The Kier molecular flexibility index (Phi) is 7.77. The highest BCUT2D eigenvalue weighted by atomic mass is 35.5. The Morgan fingerprint density at radius 2 is 1.84 bits per heavy atom. The SMILES string of the molecule is COc1cc(CCN(C)C)ccc1Nc1ncc(Cl)c(Nc2ccccc2P(C)(C)=O)n1. The van der Waals surface area contributed by atoms with Crippen molar-refractivity contribution >= 4 is 47.2 Å². The molecule has 1 aromatic heterocycles. The highest BCUT2D eigenvalue weighted by Crippen LogP contribution is 2.38. The fraction of sp³-hybridized carbons (Fsp3) is 0.304. The molecule has 0 saturated carbocycles. The molecule has 7 nitrogen and oxygen atoms in total. The molecule has 32 heavy (non-hydrogen) atoms. The first kappa shape index (κ1) is 24.1. The lowest BCUT2D eigenvalue weighted by Gasteiger charge is -2.16. The van der Waals surface area contributed by atoms with Gasteiger partial charge in [0.05, 0.1) is 24.7 Å². The molecule has 170 valence electrons. The van der Waals surface area contributed by atoms with E-state index >= 15 is 0 Å². The fourth-order valence-electron chi connectivity index (χ4n) is 3.16. The van der Waals surface area contributed by atoms with E-state index in [-0.39, 0.29) is 0 Å². The Morgan fingerprint density at radius 3 is 2.53 bits per heavy atom. The molecule has 0 aliphatic carbocycles. The van der Waals surface area contributed by atoms with Crippen LogP contribution in [0.1, 0.15) is 5.56 Å². The summed E-state index contributed by atoms with van der Waals surface area (Å²) in [6.45, 7) is 4.42. The second-order valence-corrected chi connectivity index (χ2v) is 11.7. The van der Waals surface area contributed by atoms with Crippen LogP contribution in [-0.4, -0.2) is 55.9 Å². The molecule has 2 aromatic carbocycles. The molecule has 0 spiro atoms. The van der Waals surface area contributed by atoms with Crippen molar-refractivity contribution in [1.82, 2.24) is 14.9 Å². The van der Waals surface area contributed by atoms with Crippen molar-refractivity contribution < 1.29 is 9.30 Å². The Balaban J connectivity index is 1.85. The maximum absolute atomic E-state index is 12.7. The monoisotopic (exact) mass is 473 g/mol. The average Bonchev–Trinajstić information content (AvgIpc) is 2.75. The molecule has 0 aliphatic rings. The maximum atomic E-state index is 12.7. The lowest BCUT2D eigenvalue weighted by molar-refractivity contribution is 0.408. The number of rotatable bonds is 9. The van der Waals surface area contributed by atoms with Gasteiger partial charge in [-0.25, -0.2) is 4.98 Å². The number of anilines is 4. The summed E-state index contributed by atoms with van der Waals surface area (Å²) in [6, 6.07) is 13.5. The molecule has 3 rings (SSSR count). The zero-order valence-corrected chi connectivity index (χ0v) is 20.7. The molecule has 0 aliphatic heterocycles. The van der Waals surface area contributed by atoms with E-state index in [4.69, 9.17) is 16.3 Å². The standard InChI is InChI=1S/C23H29ClN5O2P/c1-29(2)13-12-16-10-11-18(20(14-16)31-3)27-23-25-15-17(24)22(28-23)26-19-8-6-7-9-21(19)32(4,5)30/h6-11,14-15H,12-13H2,1-5H3,(H2,25,26,27,28). The third-order valence-electron chi connectivity index (χ3n) is 4.84. The number of aromatic nitrogens is 2. The van der Waals surface area contributed by atoms with Crippen molar-refractivity contribution in [3.05, 3.63) is 59.2 Å². The predicted molar refractivity (Wildman–Crippen MR) is 134 cm³/mol. The summed E-state index contributed by atoms with van der Waals surface area (Å²) in [4.78, 5) is 11.0. The normalized spacial score (nSPS) is 11.5. The molecule has 0 bridgehead atoms. The molecule has 1 heterocycles. The fourth-order valence-corrected chi connectivity index (χ4v) is 4.45. The van der Waals surface area contributed by atoms with Crippen LogP contribution in [0.3, 0.4) is 0 Å². The van der Waals surface area contributed by atoms with E-state index in [1.54, 1.807) is 20.4 Å². The van der Waals surface area contributed by atoms with Crippen LogP contribution < -0.4 is 20.7 Å². The Labute approximate surface area is 194 Å². The number of hydrogen-bond acceptors (Lipinski definition) is 7. The van der Waals surface area contributed by atoms with Crippen LogP contribution in [0.25, 0.3) is 0 Å². The maximum Gasteiger partial charge on any atom is 0.229 e. The largest absolute Gasteiger partial charge is 0.495 e. The lowest BCUT2D eigenvalue weighted by Crippen LogP contribution is -2.15. The summed E-state index contributed by atoms with van der Waals surface area (Å²) in [6.07, 6.45) is 2.45. The smallest absolute Gasteiger partial charge is 0.229 e. The Hall–Kier alpha value is -2.60. The number of nitrogens with one attached hydrogen (secondary N) is 2. The highest BCUT2D eigenvalue weighted by Gasteiger charge is 2.17. The predicted octanol–water partition coefficient (Wildman–Crippen LogP) is 4.98. The van der Waals surface area contributed by atoms with Crippen molar-refractivity contribution in [3.63, 3.8) is 0 Å². The molecule has 0 atom stereocenters. The van der Waals surface area contributed by atoms with Crippen molar-refractivity contribution in [2.75, 3.05) is 51.7 Å². The summed E-state index contributed by atoms with van der Waals surface area (Å²) < 4.78 is 18.2. The van der Waals surface area contributed by atoms with Gasteiger partial charge < -0.3 is 24.8 Å². The molecule has 2 N–H and O–H groups in total. The van der Waals surface area contributed by atoms with E-state index < -0.39 is 7.14 Å². The lowest BCUT2D eigenvalue weighted by atomic mass is 10.1. The number of methoxy groups -OCH3 is 1. The molecule has 0 fully saturated rings. The highest BCUT2D eigenvalue weighted by molar-refractivity contribution is 7.70. The van der Waals surface area contributed by atoms with Crippen LogP contribution in [-0.2, 0) is 11.0 Å². The summed E-state index contributed by atoms with van der Waals surface area (Å²) >= 11 is 6.34. The van der Waals surface area contributed by atoms with E-state index in [1.807, 2.05) is 36.4 Å². The number of hydrogen-bond donors (Lipinski definition) is 2. The number of benzene rings is 2. The van der Waals surface area contributed by atoms with E-state index in [0.29, 0.717) is 28.2 Å². The first-order valence-electron chi connectivity index (χ1n) is 10.2. The minimum Gasteiger partial charge on any atom is -0.495 e. The number of halogens is 1. The molecular weight excluding hydrogens is 445 g/mol. The van der Waals surface area contributed by atoms with Gasteiger partial charge >= 0.3 is 0 Å². The van der Waals surface area contributed by atoms with E-state index in [9.17, 15) is 4.57 Å². The number of likely N-dealkylation sites (N-methyl/N-ethyl adjacent to an activating group) is 1. The molecule has 0 radical (unpaired) electrons. The van der Waals surface area contributed by atoms with Gasteiger partial charge in [-0.05, 0) is 63.7 Å². The second kappa shape index (κ2) is 10.3. The van der Waals surface area contributed by atoms with Gasteiger partial charge in [-0.2, -0.15) is 4.98 Å². The second-order valence-electron chi connectivity index (χ2n) is 8.10. The van der Waals surface area contributed by atoms with Crippen LogP contribution >= 0.6 is 18.7 Å². The van der Waals surface area contributed by atoms with Gasteiger partial charge in [0.1, 0.15) is 17.9 Å². The number of ether oxygens (including phenoxy) is 1. The van der Waals surface area contributed by atoms with Gasteiger partial charge in [-0.1, -0.05) is 29.8 Å². The molecule has 0 amide bonds. The quantitative estimate of drug-likeness (QED) is 0.424. The van der Waals surface area contributed by atoms with Gasteiger partial charge in [0.25, 0.3) is 0 Å². The van der Waals surface area contributed by atoms with Gasteiger partial charge in [0.2, 0.25) is 5.95 Å². The van der Waals surface area contributed by atoms with Crippen LogP contribution in [0, 0.1) is 0 Å². The number of nitrogens with zero attached hydrogens (tertiary/aromatic N) is 3. The average molecular weight is 474 g/mol. The summed E-state index contributed by atoms with van der Waals surface area (Å²) in [5, 5.41) is 7.51. The molecule has 0 saturated heterocycles. The van der Waals surface area contributed by atoms with Crippen LogP contribution in [0.5, 0.6) is 5.75 Å². The first-order chi connectivity index (χ1) is 15.2. The minimum absolute atomic E-state index is 0.360.